The van der Waals surface area contributed by atoms with E-state index in [1.165, 1.54) is 5.69 Å². The molecule has 1 saturated heterocycles. The van der Waals surface area contributed by atoms with Crippen LogP contribution in [0.2, 0.25) is 5.02 Å². The van der Waals surface area contributed by atoms with E-state index < -0.39 is 6.10 Å². The molecule has 2 aromatic carbocycles. The summed E-state index contributed by atoms with van der Waals surface area (Å²) < 4.78 is 5.74. The van der Waals surface area contributed by atoms with Crippen LogP contribution in [0.4, 0.5) is 5.69 Å². The molecule has 138 valence electrons. The first-order valence-corrected chi connectivity index (χ1v) is 9.41. The minimum atomic E-state index is -0.582. The fourth-order valence-electron chi connectivity index (χ4n) is 3.21. The summed E-state index contributed by atoms with van der Waals surface area (Å²) in [6.07, 6.45) is 0.495. The first-order valence-electron chi connectivity index (χ1n) is 9.03. The Morgan fingerprint density at radius 1 is 1.31 bits per heavy atom. The van der Waals surface area contributed by atoms with Gasteiger partial charge < -0.3 is 15.0 Å². The van der Waals surface area contributed by atoms with Gasteiger partial charge in [0.2, 0.25) is 0 Å². The summed E-state index contributed by atoms with van der Waals surface area (Å²) in [5.41, 5.74) is 2.29. The Morgan fingerprint density at radius 2 is 2.08 bits per heavy atom. The minimum Gasteiger partial charge on any atom is -0.479 e. The van der Waals surface area contributed by atoms with Gasteiger partial charge in [-0.3, -0.25) is 4.79 Å². The molecule has 0 unspecified atom stereocenters. The second-order valence-corrected chi connectivity index (χ2v) is 7.28. The number of hydrogen-bond acceptors (Lipinski definition) is 3. The Morgan fingerprint density at radius 3 is 2.85 bits per heavy atom. The molecule has 2 aromatic rings. The van der Waals surface area contributed by atoms with Crippen LogP contribution in [0.25, 0.3) is 0 Å². The van der Waals surface area contributed by atoms with Crippen LogP contribution < -0.4 is 15.0 Å². The van der Waals surface area contributed by atoms with Gasteiger partial charge in [-0.15, -0.1) is 0 Å². The maximum atomic E-state index is 12.4. The maximum absolute atomic E-state index is 12.4. The molecule has 0 spiro atoms. The van der Waals surface area contributed by atoms with Gasteiger partial charge in [-0.25, -0.2) is 0 Å². The number of nitrogens with zero attached hydrogens (tertiary/aromatic N) is 1. The number of nitrogens with one attached hydrogen (secondary N) is 1. The van der Waals surface area contributed by atoms with E-state index in [1.807, 2.05) is 25.1 Å². The van der Waals surface area contributed by atoms with E-state index in [1.54, 1.807) is 13.0 Å². The molecule has 0 aromatic heterocycles. The van der Waals surface area contributed by atoms with Gasteiger partial charge in [0.25, 0.3) is 5.91 Å². The average Bonchev–Trinajstić information content (AvgIpc) is 3.12. The molecule has 1 aliphatic rings. The van der Waals surface area contributed by atoms with Crippen molar-refractivity contribution in [3.05, 3.63) is 59.1 Å². The highest BCUT2D eigenvalue weighted by Crippen LogP contribution is 2.26. The molecule has 0 radical (unpaired) electrons. The summed E-state index contributed by atoms with van der Waals surface area (Å²) in [5, 5.41) is 3.54. The van der Waals surface area contributed by atoms with Gasteiger partial charge >= 0.3 is 0 Å². The molecular weight excluding hydrogens is 348 g/mol. The molecule has 1 heterocycles. The van der Waals surface area contributed by atoms with Gasteiger partial charge in [0.15, 0.2) is 6.10 Å². The van der Waals surface area contributed by atoms with Crippen molar-refractivity contribution in [2.45, 2.75) is 26.4 Å². The third kappa shape index (κ3) is 4.70. The van der Waals surface area contributed by atoms with Crippen molar-refractivity contribution < 1.29 is 9.53 Å². The monoisotopic (exact) mass is 372 g/mol. The fourth-order valence-corrected chi connectivity index (χ4v) is 3.37. The van der Waals surface area contributed by atoms with Gasteiger partial charge in [-0.1, -0.05) is 35.9 Å². The molecule has 5 heteroatoms. The van der Waals surface area contributed by atoms with E-state index in [-0.39, 0.29) is 5.91 Å². The van der Waals surface area contributed by atoms with Crippen LogP contribution in [0.5, 0.6) is 5.75 Å². The molecular formula is C21H25ClN2O2. The molecule has 3 rings (SSSR count). The number of carbonyl (C=O) groups is 1. The van der Waals surface area contributed by atoms with Crippen molar-refractivity contribution in [1.82, 2.24) is 5.32 Å². The van der Waals surface area contributed by atoms with Gasteiger partial charge in [-0.05, 0) is 56.0 Å². The third-order valence-electron chi connectivity index (χ3n) is 4.73. The Labute approximate surface area is 160 Å². The first kappa shape index (κ1) is 18.6. The molecule has 0 aliphatic carbocycles. The normalized spacial score (nSPS) is 17.8. The maximum Gasteiger partial charge on any atom is 0.260 e. The summed E-state index contributed by atoms with van der Waals surface area (Å²) in [5.74, 6) is 0.889. The fraction of sp³-hybridized carbons (Fsp3) is 0.381. The molecule has 1 fully saturated rings. The van der Waals surface area contributed by atoms with Crippen LogP contribution in [0.15, 0.2) is 48.5 Å². The zero-order valence-corrected chi connectivity index (χ0v) is 16.0. The van der Waals surface area contributed by atoms with E-state index in [4.69, 9.17) is 16.3 Å². The molecule has 0 bridgehead atoms. The number of rotatable bonds is 6. The predicted molar refractivity (Wildman–Crippen MR) is 106 cm³/mol. The van der Waals surface area contributed by atoms with Gasteiger partial charge in [0.05, 0.1) is 5.02 Å². The summed E-state index contributed by atoms with van der Waals surface area (Å²) in [6, 6.07) is 15.9. The van der Waals surface area contributed by atoms with E-state index in [9.17, 15) is 4.79 Å². The number of benzene rings is 2. The number of ether oxygens (including phenoxy) is 1. The number of anilines is 1. The Kier molecular flexibility index (Phi) is 6.04. The lowest BCUT2D eigenvalue weighted by atomic mass is 10.1. The molecule has 0 saturated carbocycles. The van der Waals surface area contributed by atoms with Crippen molar-refractivity contribution in [3.8, 4) is 5.75 Å². The number of carbonyl (C=O) groups excluding carboxylic acids is 1. The van der Waals surface area contributed by atoms with Crippen LogP contribution in [0.3, 0.4) is 0 Å². The zero-order chi connectivity index (χ0) is 18.5. The molecule has 2 atom stereocenters. The van der Waals surface area contributed by atoms with E-state index >= 15 is 0 Å². The van der Waals surface area contributed by atoms with Crippen molar-refractivity contribution in [3.63, 3.8) is 0 Å². The van der Waals surface area contributed by atoms with E-state index in [2.05, 4.69) is 34.5 Å². The van der Waals surface area contributed by atoms with Crippen LogP contribution in [0.1, 0.15) is 18.9 Å². The number of para-hydroxylation sites is 1. The summed E-state index contributed by atoms with van der Waals surface area (Å²) in [6.45, 7) is 6.36. The Balaban J connectivity index is 1.47. The third-order valence-corrected chi connectivity index (χ3v) is 5.04. The quantitative estimate of drug-likeness (QED) is 0.831. The molecule has 1 amide bonds. The molecule has 1 N–H and O–H groups in total. The van der Waals surface area contributed by atoms with E-state index in [0.29, 0.717) is 23.2 Å². The predicted octanol–water partition coefficient (Wildman–Crippen LogP) is 4.06. The summed E-state index contributed by atoms with van der Waals surface area (Å²) in [7, 11) is 0. The number of amides is 1. The lowest BCUT2D eigenvalue weighted by Crippen LogP contribution is -2.39. The largest absolute Gasteiger partial charge is 0.479 e. The van der Waals surface area contributed by atoms with Crippen LogP contribution in [-0.2, 0) is 4.79 Å². The van der Waals surface area contributed by atoms with Gasteiger partial charge in [0, 0.05) is 25.3 Å². The summed E-state index contributed by atoms with van der Waals surface area (Å²) in [4.78, 5) is 14.7. The lowest BCUT2D eigenvalue weighted by Gasteiger charge is -2.20. The van der Waals surface area contributed by atoms with Crippen LogP contribution in [-0.4, -0.2) is 31.6 Å². The van der Waals surface area contributed by atoms with Crippen LogP contribution >= 0.6 is 11.6 Å². The topological polar surface area (TPSA) is 41.6 Å². The van der Waals surface area contributed by atoms with Crippen molar-refractivity contribution in [2.75, 3.05) is 24.5 Å². The van der Waals surface area contributed by atoms with Gasteiger partial charge in [-0.2, -0.15) is 0 Å². The van der Waals surface area contributed by atoms with Gasteiger partial charge in [0.1, 0.15) is 5.75 Å². The standard InChI is InChI=1S/C21H25ClN2O2/c1-15-8-9-19(22)20(12-15)26-16(2)21(25)23-13-17-10-11-24(14-17)18-6-4-3-5-7-18/h3-9,12,16-17H,10-11,13-14H2,1-2H3,(H,23,25)/t16-,17-/m1/s1. The highest BCUT2D eigenvalue weighted by atomic mass is 35.5. The smallest absolute Gasteiger partial charge is 0.260 e. The number of hydrogen-bond donors (Lipinski definition) is 1. The first-order chi connectivity index (χ1) is 12.5. The van der Waals surface area contributed by atoms with E-state index in [0.717, 1.165) is 25.1 Å². The zero-order valence-electron chi connectivity index (χ0n) is 15.2. The molecule has 4 nitrogen and oxygen atoms in total. The Bertz CT molecular complexity index is 751. The average molecular weight is 373 g/mol. The second kappa shape index (κ2) is 8.45. The highest BCUT2D eigenvalue weighted by molar-refractivity contribution is 6.32. The SMILES string of the molecule is Cc1ccc(Cl)c(O[C@H](C)C(=O)NC[C@H]2CCN(c3ccccc3)C2)c1. The van der Waals surface area contributed by atoms with Crippen molar-refractivity contribution >= 4 is 23.2 Å². The molecule has 26 heavy (non-hydrogen) atoms. The lowest BCUT2D eigenvalue weighted by molar-refractivity contribution is -0.127. The second-order valence-electron chi connectivity index (χ2n) is 6.88. The van der Waals surface area contributed by atoms with Crippen LogP contribution in [0, 0.1) is 12.8 Å². The highest BCUT2D eigenvalue weighted by Gasteiger charge is 2.24. The Hall–Kier alpha value is -2.20. The number of halogens is 1. The van der Waals surface area contributed by atoms with Crippen molar-refractivity contribution in [1.29, 1.82) is 0 Å². The minimum absolute atomic E-state index is 0.110. The number of aryl methyl sites for hydroxylation is 1. The molecule has 1 aliphatic heterocycles. The summed E-state index contributed by atoms with van der Waals surface area (Å²) >= 11 is 6.14. The van der Waals surface area contributed by atoms with Crippen molar-refractivity contribution in [2.24, 2.45) is 5.92 Å².